The molecule has 0 aliphatic rings. The minimum atomic E-state index is 1.10. The second kappa shape index (κ2) is 5.26. The topological polar surface area (TPSA) is 0 Å². The second-order valence-corrected chi connectivity index (χ2v) is 4.26. The summed E-state index contributed by atoms with van der Waals surface area (Å²) in [5, 5.41) is 2.25. The quantitative estimate of drug-likeness (QED) is 0.705. The molecule has 0 radical (unpaired) electrons. The van der Waals surface area contributed by atoms with Crippen molar-refractivity contribution >= 4 is 17.3 Å². The highest BCUT2D eigenvalue weighted by Gasteiger charge is 2.02. The Kier molecular flexibility index (Phi) is 4.27. The molecule has 14 heavy (non-hydrogen) atoms. The second-order valence-electron chi connectivity index (χ2n) is 3.55. The molecule has 1 aromatic rings. The van der Waals surface area contributed by atoms with Crippen LogP contribution in [0.4, 0.5) is 0 Å². The molecule has 0 bridgehead atoms. The third kappa shape index (κ3) is 2.65. The molecule has 0 saturated carbocycles. The maximum absolute atomic E-state index is 2.25. The summed E-state index contributed by atoms with van der Waals surface area (Å²) in [4.78, 5) is 0. The lowest BCUT2D eigenvalue weighted by atomic mass is 9.98. The third-order valence-corrected chi connectivity index (χ3v) is 2.89. The zero-order chi connectivity index (χ0) is 10.6. The van der Waals surface area contributed by atoms with E-state index < -0.39 is 0 Å². The highest BCUT2D eigenvalue weighted by atomic mass is 32.2. The fraction of sp³-hybridized carbons (Fsp3) is 0.385. The molecule has 0 aliphatic heterocycles. The zero-order valence-corrected chi connectivity index (χ0v) is 10.2. The summed E-state index contributed by atoms with van der Waals surface area (Å²) in [6.07, 6.45) is 3.21. The first-order valence-electron chi connectivity index (χ1n) is 4.98. The summed E-state index contributed by atoms with van der Waals surface area (Å²) in [7, 11) is 0. The largest absolute Gasteiger partial charge is 0.137 e. The Morgan fingerprint density at radius 1 is 1.36 bits per heavy atom. The van der Waals surface area contributed by atoms with Gasteiger partial charge in [-0.3, -0.25) is 0 Å². The zero-order valence-electron chi connectivity index (χ0n) is 9.42. The molecule has 1 rings (SSSR count). The number of allylic oxidation sites excluding steroid dienone is 1. The molecular formula is C13H18S. The summed E-state index contributed by atoms with van der Waals surface area (Å²) in [5.74, 6) is 0. The van der Waals surface area contributed by atoms with Gasteiger partial charge in [0.1, 0.15) is 0 Å². The van der Waals surface area contributed by atoms with E-state index in [9.17, 15) is 0 Å². The van der Waals surface area contributed by atoms with E-state index >= 15 is 0 Å². The highest BCUT2D eigenvalue weighted by Crippen LogP contribution is 2.24. The number of aryl methyl sites for hydroxylation is 2. The van der Waals surface area contributed by atoms with Crippen molar-refractivity contribution in [1.29, 1.82) is 0 Å². The van der Waals surface area contributed by atoms with Crippen LogP contribution in [0.1, 0.15) is 30.0 Å². The Balaban J connectivity index is 3.11. The number of hydrogen-bond acceptors (Lipinski definition) is 1. The molecule has 0 N–H and O–H groups in total. The van der Waals surface area contributed by atoms with Crippen LogP contribution in [0.2, 0.25) is 0 Å². The van der Waals surface area contributed by atoms with Gasteiger partial charge in [0.15, 0.2) is 0 Å². The van der Waals surface area contributed by atoms with E-state index in [4.69, 9.17) is 0 Å². The molecule has 0 fully saturated rings. The van der Waals surface area contributed by atoms with Crippen molar-refractivity contribution in [2.75, 3.05) is 6.26 Å². The molecule has 1 heteroatoms. The Labute approximate surface area is 91.4 Å². The monoisotopic (exact) mass is 206 g/mol. The van der Waals surface area contributed by atoms with Crippen molar-refractivity contribution < 1.29 is 0 Å². The predicted octanol–water partition coefficient (Wildman–Crippen LogP) is 4.42. The number of benzene rings is 1. The van der Waals surface area contributed by atoms with Crippen molar-refractivity contribution in [3.8, 4) is 0 Å². The molecule has 0 aliphatic carbocycles. The summed E-state index contributed by atoms with van der Waals surface area (Å²) < 4.78 is 0. The molecule has 0 unspecified atom stereocenters. The van der Waals surface area contributed by atoms with Gasteiger partial charge in [-0.15, -0.1) is 11.8 Å². The fourth-order valence-electron chi connectivity index (χ4n) is 1.65. The number of hydrogen-bond donors (Lipinski definition) is 0. The minimum absolute atomic E-state index is 1.10. The van der Waals surface area contributed by atoms with E-state index in [1.807, 2.05) is 0 Å². The summed E-state index contributed by atoms with van der Waals surface area (Å²) >= 11 is 1.78. The van der Waals surface area contributed by atoms with E-state index in [0.29, 0.717) is 0 Å². The Hall–Kier alpha value is -0.690. The van der Waals surface area contributed by atoms with Gasteiger partial charge in [-0.2, -0.15) is 0 Å². The van der Waals surface area contributed by atoms with E-state index in [-0.39, 0.29) is 0 Å². The van der Waals surface area contributed by atoms with Crippen molar-refractivity contribution in [3.05, 3.63) is 40.3 Å². The lowest BCUT2D eigenvalue weighted by Crippen LogP contribution is -1.88. The van der Waals surface area contributed by atoms with Crippen LogP contribution in [0.5, 0.6) is 0 Å². The maximum Gasteiger partial charge on any atom is -0.0142 e. The lowest BCUT2D eigenvalue weighted by molar-refractivity contribution is 1.22. The van der Waals surface area contributed by atoms with E-state index in [2.05, 4.69) is 50.6 Å². The van der Waals surface area contributed by atoms with Gasteiger partial charge in [0.2, 0.25) is 0 Å². The van der Waals surface area contributed by atoms with Gasteiger partial charge < -0.3 is 0 Å². The Morgan fingerprint density at radius 2 is 2.07 bits per heavy atom. The normalized spacial score (nSPS) is 11.9. The van der Waals surface area contributed by atoms with Crippen LogP contribution in [-0.2, 0) is 0 Å². The molecule has 0 amide bonds. The molecule has 1 aromatic carbocycles. The van der Waals surface area contributed by atoms with E-state index in [1.54, 1.807) is 11.8 Å². The van der Waals surface area contributed by atoms with Crippen molar-refractivity contribution in [2.24, 2.45) is 0 Å². The maximum atomic E-state index is 2.25. The SMILES string of the molecule is CC/C(=C\SC)c1ccc(C)cc1C. The standard InChI is InChI=1S/C13H18S/c1-5-12(9-14-4)13-7-6-10(2)8-11(13)3/h6-9H,5H2,1-4H3/b12-9+. The Morgan fingerprint density at radius 3 is 2.57 bits per heavy atom. The van der Waals surface area contributed by atoms with Crippen LogP contribution in [0.3, 0.4) is 0 Å². The fourth-order valence-corrected chi connectivity index (χ4v) is 2.23. The summed E-state index contributed by atoms with van der Waals surface area (Å²) in [6, 6.07) is 6.67. The first-order valence-corrected chi connectivity index (χ1v) is 6.27. The molecule has 0 nitrogen and oxygen atoms in total. The number of rotatable bonds is 3. The van der Waals surface area contributed by atoms with Gasteiger partial charge in [0.05, 0.1) is 0 Å². The van der Waals surface area contributed by atoms with E-state index in [0.717, 1.165) is 6.42 Å². The molecule has 0 spiro atoms. The molecule has 0 aromatic heterocycles. The minimum Gasteiger partial charge on any atom is -0.137 e. The van der Waals surface area contributed by atoms with Gasteiger partial charge in [-0.05, 0) is 48.6 Å². The molecule has 0 saturated heterocycles. The van der Waals surface area contributed by atoms with Crippen molar-refractivity contribution in [1.82, 2.24) is 0 Å². The van der Waals surface area contributed by atoms with Gasteiger partial charge in [0.25, 0.3) is 0 Å². The van der Waals surface area contributed by atoms with Gasteiger partial charge >= 0.3 is 0 Å². The van der Waals surface area contributed by atoms with Crippen LogP contribution in [-0.4, -0.2) is 6.26 Å². The lowest BCUT2D eigenvalue weighted by Gasteiger charge is -2.09. The smallest absolute Gasteiger partial charge is 0.0142 e. The van der Waals surface area contributed by atoms with Crippen LogP contribution in [0.25, 0.3) is 5.57 Å². The van der Waals surface area contributed by atoms with Gasteiger partial charge in [-0.1, -0.05) is 30.7 Å². The number of thioether (sulfide) groups is 1. The first kappa shape index (κ1) is 11.4. The van der Waals surface area contributed by atoms with Crippen LogP contribution < -0.4 is 0 Å². The molecule has 0 heterocycles. The first-order chi connectivity index (χ1) is 6.69. The average Bonchev–Trinajstić information content (AvgIpc) is 2.15. The average molecular weight is 206 g/mol. The third-order valence-electron chi connectivity index (χ3n) is 2.37. The van der Waals surface area contributed by atoms with E-state index in [1.165, 1.54) is 22.3 Å². The van der Waals surface area contributed by atoms with Crippen LogP contribution in [0, 0.1) is 13.8 Å². The summed E-state index contributed by atoms with van der Waals surface area (Å²) in [5.41, 5.74) is 5.56. The molecule has 0 atom stereocenters. The van der Waals surface area contributed by atoms with Crippen molar-refractivity contribution in [2.45, 2.75) is 27.2 Å². The highest BCUT2D eigenvalue weighted by molar-refractivity contribution is 8.01. The van der Waals surface area contributed by atoms with Crippen LogP contribution in [0.15, 0.2) is 23.6 Å². The predicted molar refractivity (Wildman–Crippen MR) is 67.7 cm³/mol. The Bertz CT molecular complexity index is 337. The summed E-state index contributed by atoms with van der Waals surface area (Å²) in [6.45, 7) is 6.54. The van der Waals surface area contributed by atoms with Crippen molar-refractivity contribution in [3.63, 3.8) is 0 Å². The van der Waals surface area contributed by atoms with Crippen LogP contribution >= 0.6 is 11.8 Å². The van der Waals surface area contributed by atoms with Gasteiger partial charge in [-0.25, -0.2) is 0 Å². The molecule has 76 valence electrons. The molecular weight excluding hydrogens is 188 g/mol. The van der Waals surface area contributed by atoms with Gasteiger partial charge in [0, 0.05) is 0 Å².